The van der Waals surface area contributed by atoms with Crippen LogP contribution in [0.3, 0.4) is 0 Å². The van der Waals surface area contributed by atoms with Crippen LogP contribution in [0.2, 0.25) is 0 Å². The molecule has 0 unspecified atom stereocenters. The lowest BCUT2D eigenvalue weighted by atomic mass is 9.78. The highest BCUT2D eigenvalue weighted by Crippen LogP contribution is 2.13. The first kappa shape index (κ1) is 19.4. The number of hydrogen-bond donors (Lipinski definition) is 1. The molecule has 8 heteroatoms. The molecule has 1 aliphatic rings. The van der Waals surface area contributed by atoms with E-state index in [0.717, 1.165) is 17.4 Å². The standard InChI is InChI=1S/C17H24BNO6/c1-22-17(21)14(19-16(20)15-5-4-10-25-15)11-12-6-8-13(9-7-12)18(23-2)24-3/h6-9,14-15H,4-5,10-11H2,1-3H3,(H,19,20)/t14-,15+/m1/s1. The van der Waals surface area contributed by atoms with Gasteiger partial charge in [-0.1, -0.05) is 24.3 Å². The zero-order valence-electron chi connectivity index (χ0n) is 14.8. The van der Waals surface area contributed by atoms with Crippen LogP contribution < -0.4 is 10.8 Å². The number of carbonyl (C=O) groups is 2. The predicted molar refractivity (Wildman–Crippen MR) is 92.5 cm³/mol. The van der Waals surface area contributed by atoms with Gasteiger partial charge in [-0.15, -0.1) is 0 Å². The van der Waals surface area contributed by atoms with Gasteiger partial charge < -0.3 is 24.1 Å². The zero-order chi connectivity index (χ0) is 18.2. The first-order valence-electron chi connectivity index (χ1n) is 8.23. The van der Waals surface area contributed by atoms with Crippen LogP contribution in [0.1, 0.15) is 18.4 Å². The Bertz CT molecular complexity index is 569. The van der Waals surface area contributed by atoms with Crippen LogP contribution in [0.25, 0.3) is 0 Å². The largest absolute Gasteiger partial charge is 0.493 e. The first-order valence-corrected chi connectivity index (χ1v) is 8.23. The molecule has 1 aromatic rings. The molecule has 136 valence electrons. The number of nitrogens with one attached hydrogen (secondary N) is 1. The molecular weight excluding hydrogens is 325 g/mol. The van der Waals surface area contributed by atoms with Crippen LogP contribution in [-0.4, -0.2) is 59.1 Å². The van der Waals surface area contributed by atoms with Crippen molar-refractivity contribution in [3.8, 4) is 0 Å². The summed E-state index contributed by atoms with van der Waals surface area (Å²) in [5, 5.41) is 2.73. The maximum absolute atomic E-state index is 12.2. The lowest BCUT2D eigenvalue weighted by molar-refractivity contribution is -0.146. The predicted octanol–water partition coefficient (Wildman–Crippen LogP) is 0.0539. The van der Waals surface area contributed by atoms with Gasteiger partial charge in [-0.3, -0.25) is 4.79 Å². The molecular formula is C17H24BNO6. The highest BCUT2D eigenvalue weighted by atomic mass is 16.6. The van der Waals surface area contributed by atoms with Gasteiger partial charge in [-0.05, 0) is 23.9 Å². The van der Waals surface area contributed by atoms with Gasteiger partial charge in [-0.2, -0.15) is 0 Å². The fraction of sp³-hybridized carbons (Fsp3) is 0.529. The van der Waals surface area contributed by atoms with Crippen LogP contribution in [0.5, 0.6) is 0 Å². The van der Waals surface area contributed by atoms with Crippen LogP contribution >= 0.6 is 0 Å². The number of methoxy groups -OCH3 is 1. The molecule has 1 aromatic carbocycles. The molecule has 1 heterocycles. The molecule has 1 fully saturated rings. The normalized spacial score (nSPS) is 17.8. The summed E-state index contributed by atoms with van der Waals surface area (Å²) in [7, 11) is 3.99. The van der Waals surface area contributed by atoms with Crippen molar-refractivity contribution in [2.75, 3.05) is 27.9 Å². The van der Waals surface area contributed by atoms with Crippen LogP contribution in [-0.2, 0) is 34.8 Å². The Morgan fingerprint density at radius 2 is 1.92 bits per heavy atom. The molecule has 0 radical (unpaired) electrons. The topological polar surface area (TPSA) is 83.1 Å². The summed E-state index contributed by atoms with van der Waals surface area (Å²) < 4.78 is 20.6. The van der Waals surface area contributed by atoms with Crippen LogP contribution in [0.4, 0.5) is 0 Å². The minimum atomic E-state index is -0.756. The second kappa shape index (κ2) is 9.55. The smallest absolute Gasteiger partial charge is 0.467 e. The highest BCUT2D eigenvalue weighted by Gasteiger charge is 2.29. The Labute approximate surface area is 148 Å². The molecule has 0 bridgehead atoms. The minimum absolute atomic E-state index is 0.275. The van der Waals surface area contributed by atoms with Gasteiger partial charge in [0.25, 0.3) is 0 Å². The number of amides is 1. The molecule has 1 aliphatic heterocycles. The average molecular weight is 349 g/mol. The maximum atomic E-state index is 12.2. The van der Waals surface area contributed by atoms with Crippen molar-refractivity contribution in [3.63, 3.8) is 0 Å². The molecule has 0 spiro atoms. The van der Waals surface area contributed by atoms with Crippen molar-refractivity contribution < 1.29 is 28.4 Å². The molecule has 1 saturated heterocycles. The third-order valence-electron chi connectivity index (χ3n) is 4.14. The van der Waals surface area contributed by atoms with E-state index in [1.807, 2.05) is 24.3 Å². The summed E-state index contributed by atoms with van der Waals surface area (Å²) in [4.78, 5) is 24.2. The second-order valence-corrected chi connectivity index (χ2v) is 5.84. The van der Waals surface area contributed by atoms with E-state index in [4.69, 9.17) is 18.8 Å². The molecule has 0 saturated carbocycles. The van der Waals surface area contributed by atoms with E-state index in [1.54, 1.807) is 14.2 Å². The Morgan fingerprint density at radius 3 is 2.44 bits per heavy atom. The van der Waals surface area contributed by atoms with Gasteiger partial charge in [0.05, 0.1) is 7.11 Å². The Morgan fingerprint density at radius 1 is 1.24 bits per heavy atom. The van der Waals surface area contributed by atoms with Crippen molar-refractivity contribution in [2.45, 2.75) is 31.4 Å². The van der Waals surface area contributed by atoms with Gasteiger partial charge in [0.1, 0.15) is 12.1 Å². The van der Waals surface area contributed by atoms with Crippen molar-refractivity contribution in [1.82, 2.24) is 5.32 Å². The summed E-state index contributed by atoms with van der Waals surface area (Å²) in [6.45, 7) is 0.572. The van der Waals surface area contributed by atoms with E-state index in [0.29, 0.717) is 19.4 Å². The number of ether oxygens (including phenoxy) is 2. The van der Waals surface area contributed by atoms with E-state index in [1.165, 1.54) is 7.11 Å². The van der Waals surface area contributed by atoms with E-state index < -0.39 is 25.2 Å². The minimum Gasteiger partial charge on any atom is -0.467 e. The van der Waals surface area contributed by atoms with E-state index in [2.05, 4.69) is 5.32 Å². The summed E-state index contributed by atoms with van der Waals surface area (Å²) in [5.41, 5.74) is 1.75. The summed E-state index contributed by atoms with van der Waals surface area (Å²) in [5.74, 6) is -0.759. The maximum Gasteiger partial charge on any atom is 0.493 e. The third-order valence-corrected chi connectivity index (χ3v) is 4.14. The monoisotopic (exact) mass is 349 g/mol. The van der Waals surface area contributed by atoms with E-state index >= 15 is 0 Å². The summed E-state index contributed by atoms with van der Waals surface area (Å²) >= 11 is 0. The zero-order valence-corrected chi connectivity index (χ0v) is 14.8. The third kappa shape index (κ3) is 5.29. The molecule has 2 atom stereocenters. The highest BCUT2D eigenvalue weighted by molar-refractivity contribution is 6.61. The Balaban J connectivity index is 2.03. The molecule has 25 heavy (non-hydrogen) atoms. The fourth-order valence-electron chi connectivity index (χ4n) is 2.80. The number of rotatable bonds is 8. The molecule has 0 aromatic heterocycles. The van der Waals surface area contributed by atoms with Crippen LogP contribution in [0, 0.1) is 0 Å². The SMILES string of the molecule is COB(OC)c1ccc(C[C@@H](NC(=O)[C@@H]2CCCO2)C(=O)OC)cc1. The molecule has 1 N–H and O–H groups in total. The van der Waals surface area contributed by atoms with E-state index in [-0.39, 0.29) is 5.91 Å². The van der Waals surface area contributed by atoms with Crippen molar-refractivity contribution in [1.29, 1.82) is 0 Å². The van der Waals surface area contributed by atoms with E-state index in [9.17, 15) is 9.59 Å². The Hall–Kier alpha value is -1.90. The molecule has 2 rings (SSSR count). The number of benzene rings is 1. The number of hydrogen-bond acceptors (Lipinski definition) is 6. The van der Waals surface area contributed by atoms with Crippen molar-refractivity contribution in [3.05, 3.63) is 29.8 Å². The van der Waals surface area contributed by atoms with Gasteiger partial charge in [0, 0.05) is 27.2 Å². The number of carbonyl (C=O) groups excluding carboxylic acids is 2. The summed E-state index contributed by atoms with van der Waals surface area (Å²) in [6.07, 6.45) is 1.36. The van der Waals surface area contributed by atoms with Gasteiger partial charge >= 0.3 is 13.1 Å². The fourth-order valence-corrected chi connectivity index (χ4v) is 2.80. The van der Waals surface area contributed by atoms with Gasteiger partial charge in [0.2, 0.25) is 5.91 Å². The quantitative estimate of drug-likeness (QED) is 0.528. The van der Waals surface area contributed by atoms with Gasteiger partial charge in [0.15, 0.2) is 0 Å². The number of esters is 1. The lowest BCUT2D eigenvalue weighted by Crippen LogP contribution is -2.47. The molecule has 7 nitrogen and oxygen atoms in total. The average Bonchev–Trinajstić information content (AvgIpc) is 3.17. The molecule has 1 amide bonds. The lowest BCUT2D eigenvalue weighted by Gasteiger charge is -2.19. The summed E-state index contributed by atoms with van der Waals surface area (Å²) in [6, 6.07) is 6.71. The van der Waals surface area contributed by atoms with Crippen molar-refractivity contribution >= 4 is 24.5 Å². The Kier molecular flexibility index (Phi) is 7.42. The van der Waals surface area contributed by atoms with Crippen LogP contribution in [0.15, 0.2) is 24.3 Å². The first-order chi connectivity index (χ1) is 12.1. The second-order valence-electron chi connectivity index (χ2n) is 5.84. The van der Waals surface area contributed by atoms with Gasteiger partial charge in [-0.25, -0.2) is 4.79 Å². The molecule has 0 aliphatic carbocycles. The van der Waals surface area contributed by atoms with Crippen molar-refractivity contribution in [2.24, 2.45) is 0 Å².